The third kappa shape index (κ3) is 5.01. The predicted molar refractivity (Wildman–Crippen MR) is 96.9 cm³/mol. The van der Waals surface area contributed by atoms with Gasteiger partial charge in [0.1, 0.15) is 5.75 Å². The van der Waals surface area contributed by atoms with Gasteiger partial charge in [0.2, 0.25) is 0 Å². The van der Waals surface area contributed by atoms with Crippen LogP contribution >= 0.6 is 0 Å². The highest BCUT2D eigenvalue weighted by Crippen LogP contribution is 2.19. The number of hydrogen-bond donors (Lipinski definition) is 1. The van der Waals surface area contributed by atoms with Crippen LogP contribution in [0.1, 0.15) is 34.3 Å². The van der Waals surface area contributed by atoms with Crippen LogP contribution in [0.15, 0.2) is 42.5 Å². The number of benzene rings is 2. The third-order valence-corrected chi connectivity index (χ3v) is 3.82. The standard InChI is InChI=1S/C20H25NO3/c1-15-10-11-18(17(14-15)20(22)23-3)21-12-6-7-13-24-19-9-5-4-8-16(19)2/h4-5,8-11,14,21H,6-7,12-13H2,1-3H3. The van der Waals surface area contributed by atoms with Crippen molar-refractivity contribution in [3.8, 4) is 5.75 Å². The van der Waals surface area contributed by atoms with Crippen molar-refractivity contribution >= 4 is 11.7 Å². The molecule has 0 heterocycles. The summed E-state index contributed by atoms with van der Waals surface area (Å²) in [6, 6.07) is 13.8. The molecule has 0 saturated carbocycles. The van der Waals surface area contributed by atoms with E-state index >= 15 is 0 Å². The lowest BCUT2D eigenvalue weighted by Gasteiger charge is -2.12. The van der Waals surface area contributed by atoms with Gasteiger partial charge in [-0.15, -0.1) is 0 Å². The van der Waals surface area contributed by atoms with Gasteiger partial charge >= 0.3 is 5.97 Å². The average molecular weight is 327 g/mol. The molecule has 0 aliphatic carbocycles. The number of rotatable bonds is 8. The maximum atomic E-state index is 11.8. The number of methoxy groups -OCH3 is 1. The number of aryl methyl sites for hydroxylation is 2. The molecule has 0 aliphatic rings. The molecule has 4 heteroatoms. The molecule has 0 unspecified atom stereocenters. The van der Waals surface area contributed by atoms with Crippen LogP contribution in [0.25, 0.3) is 0 Å². The van der Waals surface area contributed by atoms with Crippen molar-refractivity contribution in [1.82, 2.24) is 0 Å². The van der Waals surface area contributed by atoms with Crippen LogP contribution < -0.4 is 10.1 Å². The SMILES string of the molecule is COC(=O)c1cc(C)ccc1NCCCCOc1ccccc1C. The van der Waals surface area contributed by atoms with E-state index in [1.54, 1.807) is 0 Å². The van der Waals surface area contributed by atoms with Crippen LogP contribution in [0.2, 0.25) is 0 Å². The fraction of sp³-hybridized carbons (Fsp3) is 0.350. The Morgan fingerprint density at radius 2 is 1.88 bits per heavy atom. The summed E-state index contributed by atoms with van der Waals surface area (Å²) in [5.41, 5.74) is 3.58. The average Bonchev–Trinajstić information content (AvgIpc) is 2.59. The lowest BCUT2D eigenvalue weighted by molar-refractivity contribution is 0.0601. The number of carbonyl (C=O) groups excluding carboxylic acids is 1. The number of unbranched alkanes of at least 4 members (excludes halogenated alkanes) is 1. The highest BCUT2D eigenvalue weighted by atomic mass is 16.5. The maximum absolute atomic E-state index is 11.8. The van der Waals surface area contributed by atoms with Gasteiger partial charge in [-0.25, -0.2) is 4.79 Å². The van der Waals surface area contributed by atoms with Gasteiger partial charge in [-0.2, -0.15) is 0 Å². The lowest BCUT2D eigenvalue weighted by atomic mass is 10.1. The van der Waals surface area contributed by atoms with Crippen molar-refractivity contribution < 1.29 is 14.3 Å². The highest BCUT2D eigenvalue weighted by molar-refractivity contribution is 5.95. The van der Waals surface area contributed by atoms with E-state index in [4.69, 9.17) is 9.47 Å². The summed E-state index contributed by atoms with van der Waals surface area (Å²) in [6.45, 7) is 5.47. The molecule has 4 nitrogen and oxygen atoms in total. The second-order valence-corrected chi connectivity index (χ2v) is 5.79. The van der Waals surface area contributed by atoms with E-state index in [0.717, 1.165) is 42.0 Å². The van der Waals surface area contributed by atoms with Crippen molar-refractivity contribution in [2.45, 2.75) is 26.7 Å². The number of nitrogens with one attached hydrogen (secondary N) is 1. The first-order valence-electron chi connectivity index (χ1n) is 8.23. The van der Waals surface area contributed by atoms with Gasteiger partial charge in [-0.3, -0.25) is 0 Å². The fourth-order valence-corrected chi connectivity index (χ4v) is 2.44. The van der Waals surface area contributed by atoms with E-state index in [2.05, 4.69) is 5.32 Å². The molecule has 0 saturated heterocycles. The van der Waals surface area contributed by atoms with Crippen molar-refractivity contribution in [3.05, 3.63) is 59.2 Å². The van der Waals surface area contributed by atoms with Crippen LogP contribution in [-0.4, -0.2) is 26.2 Å². The van der Waals surface area contributed by atoms with E-state index in [-0.39, 0.29) is 5.97 Å². The molecule has 0 atom stereocenters. The molecule has 2 aromatic rings. The first kappa shape index (κ1) is 17.9. The number of anilines is 1. The van der Waals surface area contributed by atoms with Gasteiger partial charge in [0.25, 0.3) is 0 Å². The number of carbonyl (C=O) groups is 1. The number of para-hydroxylation sites is 1. The van der Waals surface area contributed by atoms with E-state index in [9.17, 15) is 4.79 Å². The third-order valence-electron chi connectivity index (χ3n) is 3.82. The molecule has 0 radical (unpaired) electrons. The minimum Gasteiger partial charge on any atom is -0.493 e. The van der Waals surface area contributed by atoms with Crippen molar-refractivity contribution in [1.29, 1.82) is 0 Å². The molecule has 0 aromatic heterocycles. The lowest BCUT2D eigenvalue weighted by Crippen LogP contribution is -2.10. The Labute approximate surface area is 143 Å². The topological polar surface area (TPSA) is 47.6 Å². The normalized spacial score (nSPS) is 10.3. The zero-order valence-corrected chi connectivity index (χ0v) is 14.6. The molecular formula is C20H25NO3. The van der Waals surface area contributed by atoms with Gasteiger partial charge < -0.3 is 14.8 Å². The molecule has 0 amide bonds. The molecule has 1 N–H and O–H groups in total. The summed E-state index contributed by atoms with van der Waals surface area (Å²) < 4.78 is 10.6. The second kappa shape index (κ2) is 8.96. The molecule has 0 spiro atoms. The summed E-state index contributed by atoms with van der Waals surface area (Å²) in [5, 5.41) is 3.31. The second-order valence-electron chi connectivity index (χ2n) is 5.79. The van der Waals surface area contributed by atoms with Gasteiger partial charge in [-0.05, 0) is 50.5 Å². The Hall–Kier alpha value is -2.49. The quantitative estimate of drug-likeness (QED) is 0.578. The zero-order chi connectivity index (χ0) is 17.4. The Bertz CT molecular complexity index is 682. The summed E-state index contributed by atoms with van der Waals surface area (Å²) in [4.78, 5) is 11.8. The first-order valence-corrected chi connectivity index (χ1v) is 8.23. The van der Waals surface area contributed by atoms with Crippen LogP contribution in [0.4, 0.5) is 5.69 Å². The molecule has 2 aromatic carbocycles. The van der Waals surface area contributed by atoms with Crippen molar-refractivity contribution in [2.75, 3.05) is 25.6 Å². The van der Waals surface area contributed by atoms with Gasteiger partial charge in [0.05, 0.1) is 19.3 Å². The van der Waals surface area contributed by atoms with E-state index in [1.807, 2.05) is 56.3 Å². The highest BCUT2D eigenvalue weighted by Gasteiger charge is 2.11. The number of hydrogen-bond acceptors (Lipinski definition) is 4. The van der Waals surface area contributed by atoms with E-state index < -0.39 is 0 Å². The summed E-state index contributed by atoms with van der Waals surface area (Å²) in [5.74, 6) is 0.626. The maximum Gasteiger partial charge on any atom is 0.339 e. The molecule has 0 bridgehead atoms. The number of ether oxygens (including phenoxy) is 2. The Kier molecular flexibility index (Phi) is 6.67. The molecule has 0 aliphatic heterocycles. The molecule has 24 heavy (non-hydrogen) atoms. The summed E-state index contributed by atoms with van der Waals surface area (Å²) >= 11 is 0. The molecule has 0 fully saturated rings. The largest absolute Gasteiger partial charge is 0.493 e. The summed E-state index contributed by atoms with van der Waals surface area (Å²) in [6.07, 6.45) is 1.90. The van der Waals surface area contributed by atoms with Gasteiger partial charge in [0, 0.05) is 12.2 Å². The monoisotopic (exact) mass is 327 g/mol. The van der Waals surface area contributed by atoms with Crippen molar-refractivity contribution in [2.24, 2.45) is 0 Å². The van der Waals surface area contributed by atoms with Crippen LogP contribution in [-0.2, 0) is 4.74 Å². The van der Waals surface area contributed by atoms with Crippen LogP contribution in [0.3, 0.4) is 0 Å². The number of esters is 1. The first-order chi connectivity index (χ1) is 11.6. The van der Waals surface area contributed by atoms with Gasteiger partial charge in [0.15, 0.2) is 0 Å². The summed E-state index contributed by atoms with van der Waals surface area (Å²) in [7, 11) is 1.40. The van der Waals surface area contributed by atoms with Crippen LogP contribution in [0.5, 0.6) is 5.75 Å². The minimum atomic E-state index is -0.316. The smallest absolute Gasteiger partial charge is 0.339 e. The minimum absolute atomic E-state index is 0.316. The predicted octanol–water partition coefficient (Wildman–Crippen LogP) is 4.36. The van der Waals surface area contributed by atoms with Crippen LogP contribution in [0, 0.1) is 13.8 Å². The zero-order valence-electron chi connectivity index (χ0n) is 14.6. The van der Waals surface area contributed by atoms with E-state index in [0.29, 0.717) is 12.2 Å². The fourth-order valence-electron chi connectivity index (χ4n) is 2.44. The Morgan fingerprint density at radius 3 is 2.62 bits per heavy atom. The van der Waals surface area contributed by atoms with Crippen molar-refractivity contribution in [3.63, 3.8) is 0 Å². The molecule has 128 valence electrons. The Balaban J connectivity index is 1.77. The molecule has 2 rings (SSSR count). The van der Waals surface area contributed by atoms with E-state index in [1.165, 1.54) is 7.11 Å². The molecular weight excluding hydrogens is 302 g/mol. The Morgan fingerprint density at radius 1 is 1.08 bits per heavy atom. The van der Waals surface area contributed by atoms with Gasteiger partial charge in [-0.1, -0.05) is 29.8 Å².